The molecule has 1 aromatic heterocycles. The first kappa shape index (κ1) is 15.7. The minimum atomic E-state index is -0.292. The van der Waals surface area contributed by atoms with E-state index in [-0.39, 0.29) is 5.82 Å². The third-order valence-electron chi connectivity index (χ3n) is 2.67. The lowest BCUT2D eigenvalue weighted by Crippen LogP contribution is -1.99. The highest BCUT2D eigenvalue weighted by molar-refractivity contribution is 9.10. The van der Waals surface area contributed by atoms with Crippen LogP contribution in [0, 0.1) is 5.82 Å². The number of halogens is 3. The quantitative estimate of drug-likeness (QED) is 0.489. The molecular weight excluding hydrogens is 365 g/mol. The van der Waals surface area contributed by atoms with Gasteiger partial charge in [0.1, 0.15) is 11.6 Å². The molecule has 2 rings (SSSR count). The summed E-state index contributed by atoms with van der Waals surface area (Å²) in [5.74, 6) is 0.719. The molecule has 1 aromatic carbocycles. The smallest absolute Gasteiger partial charge is 0.136 e. The van der Waals surface area contributed by atoms with E-state index >= 15 is 0 Å². The predicted molar refractivity (Wildman–Crippen MR) is 84.2 cm³/mol. The van der Waals surface area contributed by atoms with Crippen molar-refractivity contribution in [2.75, 3.05) is 6.61 Å². The van der Waals surface area contributed by atoms with Gasteiger partial charge in [0.2, 0.25) is 0 Å². The predicted octanol–water partition coefficient (Wildman–Crippen LogP) is 5.19. The fourth-order valence-corrected chi connectivity index (χ4v) is 3.10. The molecule has 0 saturated heterocycles. The molecule has 0 fully saturated rings. The Hall–Kier alpha value is -0.650. The fraction of sp³-hybridized carbons (Fsp3) is 0.357. The number of alkyl halides is 1. The molecule has 0 amide bonds. The van der Waals surface area contributed by atoms with Gasteiger partial charge >= 0.3 is 0 Å². The van der Waals surface area contributed by atoms with Crippen LogP contribution in [0.25, 0.3) is 0 Å². The number of thiazole rings is 1. The van der Waals surface area contributed by atoms with E-state index < -0.39 is 0 Å². The van der Waals surface area contributed by atoms with E-state index in [9.17, 15) is 4.39 Å². The van der Waals surface area contributed by atoms with Crippen LogP contribution in [0.15, 0.2) is 28.1 Å². The highest BCUT2D eigenvalue weighted by Gasteiger charge is 2.04. The van der Waals surface area contributed by atoms with Crippen LogP contribution in [-0.2, 0) is 12.3 Å². The average Bonchev–Trinajstić information content (AvgIpc) is 2.90. The van der Waals surface area contributed by atoms with Crippen molar-refractivity contribution in [2.45, 2.75) is 25.1 Å². The van der Waals surface area contributed by atoms with E-state index in [1.54, 1.807) is 17.4 Å². The van der Waals surface area contributed by atoms with Crippen LogP contribution in [0.3, 0.4) is 0 Å². The average molecular weight is 379 g/mol. The van der Waals surface area contributed by atoms with Crippen molar-refractivity contribution < 1.29 is 9.13 Å². The molecule has 0 saturated carbocycles. The molecule has 0 atom stereocenters. The molecule has 0 radical (unpaired) electrons. The summed E-state index contributed by atoms with van der Waals surface area (Å²) in [6.07, 6.45) is 2.82. The number of hydrogen-bond acceptors (Lipinski definition) is 3. The van der Waals surface area contributed by atoms with Crippen molar-refractivity contribution in [2.24, 2.45) is 0 Å². The summed E-state index contributed by atoms with van der Waals surface area (Å²) in [6, 6.07) is 4.43. The van der Waals surface area contributed by atoms with Crippen LogP contribution < -0.4 is 4.74 Å². The normalized spacial score (nSPS) is 10.8. The topological polar surface area (TPSA) is 22.1 Å². The Morgan fingerprint density at radius 1 is 1.35 bits per heavy atom. The highest BCUT2D eigenvalue weighted by atomic mass is 79.9. The highest BCUT2D eigenvalue weighted by Crippen LogP contribution is 2.25. The second kappa shape index (κ2) is 7.96. The van der Waals surface area contributed by atoms with Gasteiger partial charge in [-0.25, -0.2) is 9.37 Å². The Balaban J connectivity index is 1.70. The summed E-state index contributed by atoms with van der Waals surface area (Å²) in [5, 5.41) is 3.09. The number of ether oxygens (including phenoxy) is 1. The lowest BCUT2D eigenvalue weighted by Gasteiger charge is -2.07. The summed E-state index contributed by atoms with van der Waals surface area (Å²) in [4.78, 5) is 4.40. The molecular formula is C14H14BrClFNOS. The van der Waals surface area contributed by atoms with Gasteiger partial charge in [-0.05, 0) is 47.3 Å². The largest absolute Gasteiger partial charge is 0.492 e. The van der Waals surface area contributed by atoms with Crippen LogP contribution in [-0.4, -0.2) is 11.6 Å². The standard InChI is InChI=1S/C14H14BrClFNOS/c15-12-5-4-10(17)7-13(12)19-6-2-1-3-14-18-11(8-16)9-20-14/h4-5,7,9H,1-3,6,8H2. The molecule has 0 bridgehead atoms. The van der Waals surface area contributed by atoms with Crippen LogP contribution in [0.5, 0.6) is 5.75 Å². The molecule has 1 heterocycles. The third kappa shape index (κ3) is 4.72. The summed E-state index contributed by atoms with van der Waals surface area (Å²) in [7, 11) is 0. The summed E-state index contributed by atoms with van der Waals surface area (Å²) < 4.78 is 19.4. The van der Waals surface area contributed by atoms with Gasteiger partial charge in [-0.2, -0.15) is 0 Å². The Morgan fingerprint density at radius 3 is 2.95 bits per heavy atom. The number of unbranched alkanes of at least 4 members (excludes halogenated alkanes) is 1. The summed E-state index contributed by atoms with van der Waals surface area (Å²) in [5.41, 5.74) is 0.937. The van der Waals surface area contributed by atoms with E-state index in [1.165, 1.54) is 12.1 Å². The Labute approximate surface area is 135 Å². The zero-order valence-electron chi connectivity index (χ0n) is 10.7. The Bertz CT molecular complexity index is 564. The molecule has 0 aliphatic heterocycles. The molecule has 20 heavy (non-hydrogen) atoms. The zero-order chi connectivity index (χ0) is 14.4. The maximum atomic E-state index is 13.1. The van der Waals surface area contributed by atoms with E-state index in [0.717, 1.165) is 34.4 Å². The van der Waals surface area contributed by atoms with Gasteiger partial charge in [-0.1, -0.05) is 0 Å². The number of nitrogens with zero attached hydrogens (tertiary/aromatic N) is 1. The number of rotatable bonds is 7. The van der Waals surface area contributed by atoms with Gasteiger partial charge in [-0.3, -0.25) is 0 Å². The molecule has 0 N–H and O–H groups in total. The summed E-state index contributed by atoms with van der Waals surface area (Å²) in [6.45, 7) is 0.565. The molecule has 0 spiro atoms. The molecule has 2 nitrogen and oxygen atoms in total. The number of aromatic nitrogens is 1. The van der Waals surface area contributed by atoms with Gasteiger partial charge in [0.25, 0.3) is 0 Å². The molecule has 0 aliphatic rings. The maximum Gasteiger partial charge on any atom is 0.136 e. The first-order valence-corrected chi connectivity index (χ1v) is 8.47. The van der Waals surface area contributed by atoms with Crippen molar-refractivity contribution in [3.8, 4) is 5.75 Å². The van der Waals surface area contributed by atoms with Gasteiger partial charge in [0.15, 0.2) is 0 Å². The van der Waals surface area contributed by atoms with Gasteiger partial charge in [0.05, 0.1) is 27.7 Å². The first-order chi connectivity index (χ1) is 9.69. The van der Waals surface area contributed by atoms with E-state index in [4.69, 9.17) is 16.3 Å². The number of benzene rings is 1. The minimum Gasteiger partial charge on any atom is -0.492 e. The second-order valence-electron chi connectivity index (χ2n) is 4.25. The van der Waals surface area contributed by atoms with Crippen LogP contribution in [0.4, 0.5) is 4.39 Å². The third-order valence-corrected chi connectivity index (χ3v) is 4.56. The molecule has 2 aromatic rings. The van der Waals surface area contributed by atoms with Gasteiger partial charge in [-0.15, -0.1) is 22.9 Å². The molecule has 0 aliphatic carbocycles. The van der Waals surface area contributed by atoms with Crippen LogP contribution in [0.1, 0.15) is 23.5 Å². The molecule has 108 valence electrons. The lowest BCUT2D eigenvalue weighted by molar-refractivity contribution is 0.303. The second-order valence-corrected chi connectivity index (χ2v) is 6.31. The fourth-order valence-electron chi connectivity index (χ4n) is 1.67. The summed E-state index contributed by atoms with van der Waals surface area (Å²) >= 11 is 10.7. The van der Waals surface area contributed by atoms with Gasteiger partial charge in [0, 0.05) is 11.4 Å². The van der Waals surface area contributed by atoms with E-state index in [1.807, 2.05) is 5.38 Å². The maximum absolute atomic E-state index is 13.1. The van der Waals surface area contributed by atoms with Crippen molar-refractivity contribution >= 4 is 38.9 Å². The van der Waals surface area contributed by atoms with Crippen molar-refractivity contribution in [1.29, 1.82) is 0 Å². The van der Waals surface area contributed by atoms with Crippen molar-refractivity contribution in [3.63, 3.8) is 0 Å². The van der Waals surface area contributed by atoms with Crippen LogP contribution >= 0.6 is 38.9 Å². The minimum absolute atomic E-state index is 0.292. The van der Waals surface area contributed by atoms with Crippen molar-refractivity contribution in [1.82, 2.24) is 4.98 Å². The van der Waals surface area contributed by atoms with Gasteiger partial charge < -0.3 is 4.74 Å². The molecule has 0 unspecified atom stereocenters. The molecule has 6 heteroatoms. The van der Waals surface area contributed by atoms with Crippen molar-refractivity contribution in [3.05, 3.63) is 44.6 Å². The lowest BCUT2D eigenvalue weighted by atomic mass is 10.2. The zero-order valence-corrected chi connectivity index (χ0v) is 13.9. The SMILES string of the molecule is Fc1ccc(Br)c(OCCCCc2nc(CCl)cs2)c1. The number of aryl methyl sites for hydroxylation is 1. The van der Waals surface area contributed by atoms with Crippen LogP contribution in [0.2, 0.25) is 0 Å². The number of hydrogen-bond donors (Lipinski definition) is 0. The Morgan fingerprint density at radius 2 is 2.20 bits per heavy atom. The monoisotopic (exact) mass is 377 g/mol. The Kier molecular flexibility index (Phi) is 6.26. The first-order valence-electron chi connectivity index (χ1n) is 6.26. The van der Waals surface area contributed by atoms with E-state index in [0.29, 0.717) is 18.2 Å². The van der Waals surface area contributed by atoms with E-state index in [2.05, 4.69) is 20.9 Å².